The van der Waals surface area contributed by atoms with Gasteiger partial charge in [-0.3, -0.25) is 0 Å². The minimum atomic E-state index is 1.10. The molecule has 0 unspecified atom stereocenters. The van der Waals surface area contributed by atoms with Crippen molar-refractivity contribution in [3.8, 4) is 44.5 Å². The Morgan fingerprint density at radius 2 is 0.870 bits per heavy atom. The van der Waals surface area contributed by atoms with Gasteiger partial charge in [0.15, 0.2) is 0 Å². The summed E-state index contributed by atoms with van der Waals surface area (Å²) >= 11 is 1.86. The number of para-hydroxylation sites is 1. The Morgan fingerprint density at radius 1 is 0.296 bits per heavy atom. The number of hydrogen-bond donors (Lipinski definition) is 0. The fourth-order valence-electron chi connectivity index (χ4n) is 7.83. The highest BCUT2D eigenvalue weighted by Crippen LogP contribution is 2.44. The summed E-state index contributed by atoms with van der Waals surface area (Å²) in [6, 6.07) is 77.2. The van der Waals surface area contributed by atoms with Crippen molar-refractivity contribution in [3.05, 3.63) is 212 Å². The third-order valence-corrected chi connectivity index (χ3v) is 11.6. The molecule has 0 aliphatic heterocycles. The molecule has 2 heteroatoms. The highest BCUT2D eigenvalue weighted by molar-refractivity contribution is 7.25. The van der Waals surface area contributed by atoms with E-state index in [0.29, 0.717) is 0 Å². The molecule has 0 aliphatic carbocycles. The lowest BCUT2D eigenvalue weighted by atomic mass is 9.94. The fraction of sp³-hybridized carbons (Fsp3) is 0. The van der Waals surface area contributed by atoms with E-state index in [4.69, 9.17) is 0 Å². The summed E-state index contributed by atoms with van der Waals surface area (Å²) in [6.07, 6.45) is 0. The van der Waals surface area contributed by atoms with Gasteiger partial charge in [-0.1, -0.05) is 164 Å². The molecule has 0 N–H and O–H groups in total. The van der Waals surface area contributed by atoms with Crippen LogP contribution in [0, 0.1) is 0 Å². The average molecular weight is 706 g/mol. The van der Waals surface area contributed by atoms with Gasteiger partial charge in [-0.2, -0.15) is 0 Å². The lowest BCUT2D eigenvalue weighted by Crippen LogP contribution is -2.11. The van der Waals surface area contributed by atoms with Crippen molar-refractivity contribution in [2.24, 2.45) is 0 Å². The van der Waals surface area contributed by atoms with E-state index in [1.165, 1.54) is 75.5 Å². The Balaban J connectivity index is 1.11. The molecule has 0 bridgehead atoms. The van der Waals surface area contributed by atoms with Crippen LogP contribution in [0.25, 0.3) is 75.5 Å². The van der Waals surface area contributed by atoms with Crippen LogP contribution in [-0.2, 0) is 0 Å². The van der Waals surface area contributed by atoms with Crippen LogP contribution in [0.1, 0.15) is 0 Å². The summed E-state index contributed by atoms with van der Waals surface area (Å²) in [5, 5.41) is 5.15. The van der Waals surface area contributed by atoms with Crippen molar-refractivity contribution in [1.29, 1.82) is 0 Å². The molecule has 0 spiro atoms. The topological polar surface area (TPSA) is 3.24 Å². The maximum atomic E-state index is 2.41. The predicted octanol–water partition coefficient (Wildman–Crippen LogP) is 15.3. The van der Waals surface area contributed by atoms with E-state index in [1.54, 1.807) is 0 Å². The van der Waals surface area contributed by atoms with E-state index < -0.39 is 0 Å². The summed E-state index contributed by atoms with van der Waals surface area (Å²) in [5.74, 6) is 0. The molecule has 0 saturated heterocycles. The van der Waals surface area contributed by atoms with Crippen LogP contribution in [0.3, 0.4) is 0 Å². The van der Waals surface area contributed by atoms with Gasteiger partial charge in [0.1, 0.15) is 0 Å². The lowest BCUT2D eigenvalue weighted by Gasteiger charge is -2.28. The van der Waals surface area contributed by atoms with Gasteiger partial charge in [0, 0.05) is 37.1 Å². The Kier molecular flexibility index (Phi) is 8.09. The fourth-order valence-corrected chi connectivity index (χ4v) is 8.98. The third-order valence-electron chi connectivity index (χ3n) is 10.5. The number of rotatable bonds is 7. The molecule has 1 aromatic heterocycles. The number of nitrogens with zero attached hydrogens (tertiary/aromatic N) is 1. The van der Waals surface area contributed by atoms with Crippen LogP contribution in [-0.4, -0.2) is 0 Å². The van der Waals surface area contributed by atoms with Gasteiger partial charge in [-0.15, -0.1) is 11.3 Å². The van der Waals surface area contributed by atoms with E-state index in [2.05, 4.69) is 217 Å². The monoisotopic (exact) mass is 705 g/mol. The largest absolute Gasteiger partial charge is 0.310 e. The van der Waals surface area contributed by atoms with Crippen LogP contribution in [0.2, 0.25) is 0 Å². The van der Waals surface area contributed by atoms with Crippen LogP contribution < -0.4 is 4.90 Å². The molecule has 54 heavy (non-hydrogen) atoms. The normalized spacial score (nSPS) is 11.3. The predicted molar refractivity (Wildman–Crippen MR) is 233 cm³/mol. The second-order valence-corrected chi connectivity index (χ2v) is 14.8. The highest BCUT2D eigenvalue weighted by atomic mass is 32.1. The van der Waals surface area contributed by atoms with Gasteiger partial charge in [0.05, 0.1) is 5.69 Å². The zero-order valence-electron chi connectivity index (χ0n) is 29.6. The SMILES string of the molecule is c1ccc(-c2ccc(N(c3cccc(-c4ccc5c(c4)sc4ccccc45)c3)c3ccccc3-c3cccc(-c4cccc5ccccc45)c3)cc2)cc1. The molecule has 10 rings (SSSR count). The number of benzene rings is 9. The molecule has 0 aliphatic rings. The molecule has 1 nitrogen and oxygen atoms in total. The number of anilines is 3. The van der Waals surface area contributed by atoms with E-state index >= 15 is 0 Å². The summed E-state index contributed by atoms with van der Waals surface area (Å²) in [5.41, 5.74) is 12.9. The Bertz CT molecular complexity index is 2930. The standard InChI is InChI=1S/C52H35NS/c1-2-13-36(14-3-1)37-27-30-43(31-28-37)53(44-20-11-17-39(34-44)40-29-32-49-48-23-7-9-26-51(48)54-52(49)35-40)50-25-8-6-22-47(50)42-19-10-18-41(33-42)46-24-12-16-38-15-4-5-21-45(38)46/h1-35H. The minimum absolute atomic E-state index is 1.10. The summed E-state index contributed by atoms with van der Waals surface area (Å²) < 4.78 is 2.63. The minimum Gasteiger partial charge on any atom is -0.310 e. The van der Waals surface area contributed by atoms with Crippen molar-refractivity contribution in [3.63, 3.8) is 0 Å². The smallest absolute Gasteiger partial charge is 0.0540 e. The van der Waals surface area contributed by atoms with Crippen molar-refractivity contribution in [2.75, 3.05) is 4.90 Å². The first kappa shape index (κ1) is 32.0. The maximum Gasteiger partial charge on any atom is 0.0540 e. The van der Waals surface area contributed by atoms with Crippen LogP contribution >= 0.6 is 11.3 Å². The van der Waals surface area contributed by atoms with E-state index in [0.717, 1.165) is 17.1 Å². The van der Waals surface area contributed by atoms with Crippen molar-refractivity contribution in [1.82, 2.24) is 0 Å². The molecule has 9 aromatic carbocycles. The second-order valence-electron chi connectivity index (χ2n) is 13.7. The molecule has 0 atom stereocenters. The Hall–Kier alpha value is -6.74. The van der Waals surface area contributed by atoms with E-state index in [1.807, 2.05) is 11.3 Å². The van der Waals surface area contributed by atoms with Crippen LogP contribution in [0.15, 0.2) is 212 Å². The first-order chi connectivity index (χ1) is 26.8. The first-order valence-corrected chi connectivity index (χ1v) is 19.2. The zero-order valence-corrected chi connectivity index (χ0v) is 30.4. The molecular formula is C52H35NS. The number of thiophene rings is 1. The van der Waals surface area contributed by atoms with Crippen LogP contribution in [0.4, 0.5) is 17.1 Å². The van der Waals surface area contributed by atoms with Gasteiger partial charge in [-0.25, -0.2) is 0 Å². The molecule has 0 saturated carbocycles. The molecule has 254 valence electrons. The van der Waals surface area contributed by atoms with Crippen molar-refractivity contribution >= 4 is 59.3 Å². The molecule has 0 radical (unpaired) electrons. The summed E-state index contributed by atoms with van der Waals surface area (Å²) in [4.78, 5) is 2.41. The quantitative estimate of drug-likeness (QED) is 0.160. The Labute approximate surface area is 319 Å². The maximum absolute atomic E-state index is 2.41. The molecule has 1 heterocycles. The molecule has 0 fully saturated rings. The first-order valence-electron chi connectivity index (χ1n) is 18.4. The lowest BCUT2D eigenvalue weighted by molar-refractivity contribution is 1.28. The Morgan fingerprint density at radius 3 is 1.76 bits per heavy atom. The van der Waals surface area contributed by atoms with Gasteiger partial charge in [-0.05, 0) is 98.2 Å². The van der Waals surface area contributed by atoms with Gasteiger partial charge in [0.2, 0.25) is 0 Å². The van der Waals surface area contributed by atoms with E-state index in [9.17, 15) is 0 Å². The highest BCUT2D eigenvalue weighted by Gasteiger charge is 2.19. The van der Waals surface area contributed by atoms with Gasteiger partial charge < -0.3 is 4.90 Å². The summed E-state index contributed by atoms with van der Waals surface area (Å²) in [7, 11) is 0. The van der Waals surface area contributed by atoms with Gasteiger partial charge >= 0.3 is 0 Å². The van der Waals surface area contributed by atoms with E-state index in [-0.39, 0.29) is 0 Å². The molecule has 0 amide bonds. The second kappa shape index (κ2) is 13.7. The number of fused-ring (bicyclic) bond motifs is 4. The van der Waals surface area contributed by atoms with Gasteiger partial charge in [0.25, 0.3) is 0 Å². The molecular weight excluding hydrogens is 671 g/mol. The average Bonchev–Trinajstić information content (AvgIpc) is 3.63. The third kappa shape index (κ3) is 5.84. The zero-order chi connectivity index (χ0) is 35.8. The van der Waals surface area contributed by atoms with Crippen molar-refractivity contribution < 1.29 is 0 Å². The van der Waals surface area contributed by atoms with Crippen molar-refractivity contribution in [2.45, 2.75) is 0 Å². The molecule has 10 aromatic rings. The summed E-state index contributed by atoms with van der Waals surface area (Å²) in [6.45, 7) is 0. The number of hydrogen-bond acceptors (Lipinski definition) is 2. The van der Waals surface area contributed by atoms with Crippen LogP contribution in [0.5, 0.6) is 0 Å².